The minimum Gasteiger partial charge on any atom is -0.506 e. The standard InChI is InChI=1S/C20H18N2O2/c1-20(2)15-12-17(21-10-6-7-11-21)18(23)13-16(15)22(19(20)24)14-8-4-3-5-9-14/h3-13,23H,1-2H3. The molecule has 0 saturated heterocycles. The van der Waals surface area contributed by atoms with Crippen molar-refractivity contribution >= 4 is 17.3 Å². The predicted molar refractivity (Wildman–Crippen MR) is 94.0 cm³/mol. The summed E-state index contributed by atoms with van der Waals surface area (Å²) in [6.07, 6.45) is 3.75. The van der Waals surface area contributed by atoms with Gasteiger partial charge in [0.05, 0.1) is 16.8 Å². The minimum absolute atomic E-state index is 0.00718. The Morgan fingerprint density at radius 3 is 2.25 bits per heavy atom. The molecule has 120 valence electrons. The monoisotopic (exact) mass is 318 g/mol. The van der Waals surface area contributed by atoms with Crippen molar-refractivity contribution in [2.75, 3.05) is 4.90 Å². The third kappa shape index (κ3) is 1.96. The predicted octanol–water partition coefficient (Wildman–Crippen LogP) is 4.14. The first-order valence-corrected chi connectivity index (χ1v) is 7.90. The van der Waals surface area contributed by atoms with Gasteiger partial charge >= 0.3 is 0 Å². The number of amides is 1. The van der Waals surface area contributed by atoms with E-state index >= 15 is 0 Å². The van der Waals surface area contributed by atoms with E-state index in [2.05, 4.69) is 0 Å². The van der Waals surface area contributed by atoms with Crippen molar-refractivity contribution < 1.29 is 9.90 Å². The second-order valence-corrected chi connectivity index (χ2v) is 6.55. The van der Waals surface area contributed by atoms with Crippen LogP contribution in [-0.2, 0) is 10.2 Å². The number of nitrogens with zero attached hydrogens (tertiary/aromatic N) is 2. The van der Waals surface area contributed by atoms with Crippen LogP contribution in [0.2, 0.25) is 0 Å². The fourth-order valence-electron chi connectivity index (χ4n) is 3.29. The smallest absolute Gasteiger partial charge is 0.241 e. The topological polar surface area (TPSA) is 45.5 Å². The number of anilines is 2. The third-order valence-electron chi connectivity index (χ3n) is 4.64. The molecule has 0 saturated carbocycles. The van der Waals surface area contributed by atoms with Gasteiger partial charge in [0.25, 0.3) is 0 Å². The maximum atomic E-state index is 13.0. The summed E-state index contributed by atoms with van der Waals surface area (Å²) in [6, 6.07) is 16.9. The summed E-state index contributed by atoms with van der Waals surface area (Å²) in [5, 5.41) is 10.5. The first kappa shape index (κ1) is 14.6. The highest BCUT2D eigenvalue weighted by molar-refractivity contribution is 6.12. The van der Waals surface area contributed by atoms with Gasteiger partial charge in [0, 0.05) is 24.1 Å². The number of carbonyl (C=O) groups excluding carboxylic acids is 1. The lowest BCUT2D eigenvalue weighted by Crippen LogP contribution is -2.33. The van der Waals surface area contributed by atoms with E-state index in [1.165, 1.54) is 0 Å². The van der Waals surface area contributed by atoms with Crippen molar-refractivity contribution in [2.45, 2.75) is 19.3 Å². The second-order valence-electron chi connectivity index (χ2n) is 6.55. The van der Waals surface area contributed by atoms with E-state index < -0.39 is 5.41 Å². The lowest BCUT2D eigenvalue weighted by Gasteiger charge is -2.20. The molecular weight excluding hydrogens is 300 g/mol. The molecule has 0 fully saturated rings. The average molecular weight is 318 g/mol. The molecule has 0 radical (unpaired) electrons. The van der Waals surface area contributed by atoms with Gasteiger partial charge < -0.3 is 9.67 Å². The normalized spacial score (nSPS) is 15.6. The number of aromatic nitrogens is 1. The summed E-state index contributed by atoms with van der Waals surface area (Å²) in [5.41, 5.74) is 2.49. The average Bonchev–Trinajstić information content (AvgIpc) is 3.15. The van der Waals surface area contributed by atoms with Crippen molar-refractivity contribution in [2.24, 2.45) is 0 Å². The number of rotatable bonds is 2. The quantitative estimate of drug-likeness (QED) is 0.772. The van der Waals surface area contributed by atoms with E-state index in [9.17, 15) is 9.90 Å². The Balaban J connectivity index is 1.94. The molecule has 24 heavy (non-hydrogen) atoms. The van der Waals surface area contributed by atoms with Gasteiger partial charge in [0.1, 0.15) is 5.75 Å². The van der Waals surface area contributed by atoms with Gasteiger partial charge in [-0.25, -0.2) is 0 Å². The highest BCUT2D eigenvalue weighted by Crippen LogP contribution is 2.48. The molecule has 0 aliphatic carbocycles. The SMILES string of the molecule is CC1(C)C(=O)N(c2ccccc2)c2cc(O)c(-n3cccc3)cc21. The van der Waals surface area contributed by atoms with Crippen molar-refractivity contribution in [3.05, 3.63) is 72.6 Å². The molecule has 2 aromatic carbocycles. The molecule has 1 aliphatic rings. The van der Waals surface area contributed by atoms with Crippen LogP contribution in [0.4, 0.5) is 11.4 Å². The van der Waals surface area contributed by atoms with Crippen LogP contribution in [-0.4, -0.2) is 15.6 Å². The second kappa shape index (κ2) is 4.99. The minimum atomic E-state index is -0.652. The van der Waals surface area contributed by atoms with Crippen LogP contribution < -0.4 is 4.90 Å². The zero-order chi connectivity index (χ0) is 16.9. The molecule has 0 bridgehead atoms. The Bertz CT molecular complexity index is 912. The number of benzene rings is 2. The Morgan fingerprint density at radius 2 is 1.58 bits per heavy atom. The van der Waals surface area contributed by atoms with E-state index in [1.807, 2.05) is 79.3 Å². The van der Waals surface area contributed by atoms with Gasteiger partial charge in [-0.3, -0.25) is 9.69 Å². The van der Waals surface area contributed by atoms with Crippen LogP contribution in [0.5, 0.6) is 5.75 Å². The Morgan fingerprint density at radius 1 is 0.917 bits per heavy atom. The van der Waals surface area contributed by atoms with E-state index in [1.54, 1.807) is 11.0 Å². The number of fused-ring (bicyclic) bond motifs is 1. The Labute approximate surface area is 140 Å². The number of aromatic hydroxyl groups is 1. The molecule has 0 atom stereocenters. The zero-order valence-electron chi connectivity index (χ0n) is 13.6. The fourth-order valence-corrected chi connectivity index (χ4v) is 3.29. The molecule has 1 amide bonds. The van der Waals surface area contributed by atoms with Crippen molar-refractivity contribution in [3.8, 4) is 11.4 Å². The van der Waals surface area contributed by atoms with E-state index in [-0.39, 0.29) is 11.7 Å². The number of carbonyl (C=O) groups is 1. The van der Waals surface area contributed by atoms with Crippen molar-refractivity contribution in [3.63, 3.8) is 0 Å². The van der Waals surface area contributed by atoms with Gasteiger partial charge in [-0.2, -0.15) is 0 Å². The molecule has 4 rings (SSSR count). The lowest BCUT2D eigenvalue weighted by atomic mass is 9.86. The van der Waals surface area contributed by atoms with Gasteiger partial charge in [-0.15, -0.1) is 0 Å². The summed E-state index contributed by atoms with van der Waals surface area (Å²) in [5.74, 6) is 0.157. The van der Waals surface area contributed by atoms with Crippen molar-refractivity contribution in [1.29, 1.82) is 0 Å². The molecule has 4 heteroatoms. The number of para-hydroxylation sites is 1. The molecule has 3 aromatic rings. The van der Waals surface area contributed by atoms with Crippen LogP contribution in [0.15, 0.2) is 67.0 Å². The first-order valence-electron chi connectivity index (χ1n) is 7.90. The van der Waals surface area contributed by atoms with Gasteiger partial charge in [0.2, 0.25) is 5.91 Å². The summed E-state index contributed by atoms with van der Waals surface area (Å²) >= 11 is 0. The zero-order valence-corrected chi connectivity index (χ0v) is 13.6. The highest BCUT2D eigenvalue weighted by Gasteiger charge is 2.45. The maximum Gasteiger partial charge on any atom is 0.241 e. The molecule has 4 nitrogen and oxygen atoms in total. The number of hydrogen-bond donors (Lipinski definition) is 1. The molecule has 1 aromatic heterocycles. The van der Waals surface area contributed by atoms with Crippen LogP contribution in [0.25, 0.3) is 5.69 Å². The molecule has 2 heterocycles. The van der Waals surface area contributed by atoms with Crippen molar-refractivity contribution in [1.82, 2.24) is 4.57 Å². The summed E-state index contributed by atoms with van der Waals surface area (Å²) in [6.45, 7) is 3.85. The number of phenols is 1. The molecule has 0 unspecified atom stereocenters. The van der Waals surface area contributed by atoms with Crippen LogP contribution in [0.3, 0.4) is 0 Å². The van der Waals surface area contributed by atoms with Gasteiger partial charge in [-0.05, 0) is 49.7 Å². The van der Waals surface area contributed by atoms with E-state index in [0.29, 0.717) is 5.69 Å². The van der Waals surface area contributed by atoms with Gasteiger partial charge in [0.15, 0.2) is 0 Å². The molecule has 0 spiro atoms. The van der Waals surface area contributed by atoms with E-state index in [4.69, 9.17) is 0 Å². The number of phenolic OH excluding ortho intramolecular Hbond substituents is 1. The van der Waals surface area contributed by atoms with Crippen LogP contribution in [0.1, 0.15) is 19.4 Å². The highest BCUT2D eigenvalue weighted by atomic mass is 16.3. The molecular formula is C20H18N2O2. The summed E-state index contributed by atoms with van der Waals surface area (Å²) in [7, 11) is 0. The van der Waals surface area contributed by atoms with Gasteiger partial charge in [-0.1, -0.05) is 18.2 Å². The Kier molecular flexibility index (Phi) is 3.03. The fraction of sp³-hybridized carbons (Fsp3) is 0.150. The summed E-state index contributed by atoms with van der Waals surface area (Å²) in [4.78, 5) is 14.7. The molecule has 1 N–H and O–H groups in total. The maximum absolute atomic E-state index is 13.0. The first-order chi connectivity index (χ1) is 11.5. The molecule has 1 aliphatic heterocycles. The van der Waals surface area contributed by atoms with E-state index in [0.717, 1.165) is 16.9 Å². The largest absolute Gasteiger partial charge is 0.506 e. The summed E-state index contributed by atoms with van der Waals surface area (Å²) < 4.78 is 1.85. The lowest BCUT2D eigenvalue weighted by molar-refractivity contribution is -0.121. The van der Waals surface area contributed by atoms with Crippen LogP contribution in [0, 0.1) is 0 Å². The van der Waals surface area contributed by atoms with Crippen LogP contribution >= 0.6 is 0 Å². The Hall–Kier alpha value is -3.01. The number of hydrogen-bond acceptors (Lipinski definition) is 2. The third-order valence-corrected chi connectivity index (χ3v) is 4.64.